The summed E-state index contributed by atoms with van der Waals surface area (Å²) >= 11 is 0. The third-order valence-electron chi connectivity index (χ3n) is 1.67. The molecule has 0 aliphatic rings. The summed E-state index contributed by atoms with van der Waals surface area (Å²) in [6.45, 7) is 4.45. The summed E-state index contributed by atoms with van der Waals surface area (Å²) in [6.07, 6.45) is 0.145. The van der Waals surface area contributed by atoms with Crippen molar-refractivity contribution in [2.75, 3.05) is 33.4 Å². The minimum absolute atomic E-state index is 0.351. The molecule has 13 heavy (non-hydrogen) atoms. The minimum atomic E-state index is -0.351. The van der Waals surface area contributed by atoms with Gasteiger partial charge in [-0.15, -0.1) is 0 Å². The molecular formula is C9H18N2O2. The third kappa shape index (κ3) is 7.72. The number of hydrogen-bond acceptors (Lipinski definition) is 4. The van der Waals surface area contributed by atoms with E-state index < -0.39 is 0 Å². The van der Waals surface area contributed by atoms with Crippen molar-refractivity contribution in [3.63, 3.8) is 0 Å². The highest BCUT2D eigenvalue weighted by atomic mass is 16.5. The van der Waals surface area contributed by atoms with Crippen LogP contribution in [-0.4, -0.2) is 49.5 Å². The van der Waals surface area contributed by atoms with Crippen molar-refractivity contribution in [2.45, 2.75) is 19.4 Å². The number of aliphatic hydroxyl groups is 1. The molecular weight excluding hydrogens is 168 g/mol. The maximum absolute atomic E-state index is 9.16. The Kier molecular flexibility index (Phi) is 7.60. The smallest absolute Gasteiger partial charge is 0.0639 e. The lowest BCUT2D eigenvalue weighted by atomic mass is 10.3. The zero-order valence-corrected chi connectivity index (χ0v) is 8.36. The van der Waals surface area contributed by atoms with E-state index >= 15 is 0 Å². The Balaban J connectivity index is 3.67. The molecule has 0 spiro atoms. The lowest BCUT2D eigenvalue weighted by molar-refractivity contribution is 0.0993. The van der Waals surface area contributed by atoms with Gasteiger partial charge in [0.25, 0.3) is 0 Å². The molecule has 0 rings (SSSR count). The first-order chi connectivity index (χ1) is 6.20. The largest absolute Gasteiger partial charge is 0.392 e. The standard InChI is InChI=1S/C9H18N2O2/c1-9(12)8-11(5-3-4-10)6-7-13-2/h9,12H,3,5-8H2,1-2H3/t9-/m0/s1. The van der Waals surface area contributed by atoms with E-state index in [9.17, 15) is 0 Å². The van der Waals surface area contributed by atoms with Crippen LogP contribution in [0.3, 0.4) is 0 Å². The fraction of sp³-hybridized carbons (Fsp3) is 0.889. The molecule has 0 aromatic carbocycles. The first-order valence-electron chi connectivity index (χ1n) is 4.47. The van der Waals surface area contributed by atoms with Gasteiger partial charge in [-0.2, -0.15) is 5.26 Å². The minimum Gasteiger partial charge on any atom is -0.392 e. The molecule has 0 unspecified atom stereocenters. The highest BCUT2D eigenvalue weighted by Gasteiger charge is 2.06. The van der Waals surface area contributed by atoms with Crippen LogP contribution < -0.4 is 0 Å². The van der Waals surface area contributed by atoms with E-state index in [1.165, 1.54) is 0 Å². The highest BCUT2D eigenvalue weighted by molar-refractivity contribution is 4.73. The summed E-state index contributed by atoms with van der Waals surface area (Å²) in [5.41, 5.74) is 0. The Bertz CT molecular complexity index is 154. The van der Waals surface area contributed by atoms with Crippen LogP contribution in [0.25, 0.3) is 0 Å². The summed E-state index contributed by atoms with van der Waals surface area (Å²) in [6, 6.07) is 2.08. The Morgan fingerprint density at radius 2 is 2.23 bits per heavy atom. The maximum atomic E-state index is 9.16. The van der Waals surface area contributed by atoms with Crippen LogP contribution in [0.1, 0.15) is 13.3 Å². The average molecular weight is 186 g/mol. The van der Waals surface area contributed by atoms with Crippen LogP contribution in [0.15, 0.2) is 0 Å². The number of methoxy groups -OCH3 is 1. The van der Waals surface area contributed by atoms with Gasteiger partial charge in [0.2, 0.25) is 0 Å². The lowest BCUT2D eigenvalue weighted by Gasteiger charge is -2.21. The number of nitrogens with zero attached hydrogens (tertiary/aromatic N) is 2. The van der Waals surface area contributed by atoms with Crippen LogP contribution in [0.2, 0.25) is 0 Å². The van der Waals surface area contributed by atoms with Gasteiger partial charge in [-0.25, -0.2) is 0 Å². The highest BCUT2D eigenvalue weighted by Crippen LogP contribution is 1.94. The molecule has 0 saturated heterocycles. The van der Waals surface area contributed by atoms with Crippen molar-refractivity contribution in [3.8, 4) is 6.07 Å². The van der Waals surface area contributed by atoms with E-state index in [-0.39, 0.29) is 6.10 Å². The first kappa shape index (κ1) is 12.4. The van der Waals surface area contributed by atoms with Gasteiger partial charge in [-0.3, -0.25) is 4.90 Å². The topological polar surface area (TPSA) is 56.5 Å². The van der Waals surface area contributed by atoms with Crippen molar-refractivity contribution >= 4 is 0 Å². The summed E-state index contributed by atoms with van der Waals surface area (Å²) < 4.78 is 4.93. The molecule has 4 heteroatoms. The van der Waals surface area contributed by atoms with Gasteiger partial charge in [0.1, 0.15) is 0 Å². The van der Waals surface area contributed by atoms with Gasteiger partial charge in [0.15, 0.2) is 0 Å². The SMILES string of the molecule is COCCN(CCC#N)C[C@H](C)O. The van der Waals surface area contributed by atoms with E-state index in [0.29, 0.717) is 26.1 Å². The van der Waals surface area contributed by atoms with Crippen LogP contribution in [0.5, 0.6) is 0 Å². The maximum Gasteiger partial charge on any atom is 0.0639 e. The van der Waals surface area contributed by atoms with Gasteiger partial charge >= 0.3 is 0 Å². The summed E-state index contributed by atoms with van der Waals surface area (Å²) in [5, 5.41) is 17.6. The van der Waals surface area contributed by atoms with Crippen molar-refractivity contribution < 1.29 is 9.84 Å². The van der Waals surface area contributed by atoms with Crippen LogP contribution in [0, 0.1) is 11.3 Å². The predicted molar refractivity (Wildman–Crippen MR) is 50.2 cm³/mol. The van der Waals surface area contributed by atoms with Crippen LogP contribution in [0.4, 0.5) is 0 Å². The zero-order valence-electron chi connectivity index (χ0n) is 8.36. The number of ether oxygens (including phenoxy) is 1. The van der Waals surface area contributed by atoms with Gasteiger partial charge in [0, 0.05) is 33.2 Å². The molecule has 0 aromatic rings. The predicted octanol–water partition coefficient (Wildman–Crippen LogP) is 0.229. The molecule has 0 radical (unpaired) electrons. The van der Waals surface area contributed by atoms with Crippen LogP contribution in [-0.2, 0) is 4.74 Å². The third-order valence-corrected chi connectivity index (χ3v) is 1.67. The zero-order chi connectivity index (χ0) is 10.1. The Morgan fingerprint density at radius 1 is 1.54 bits per heavy atom. The number of aliphatic hydroxyl groups excluding tert-OH is 1. The molecule has 0 saturated carbocycles. The van der Waals surface area contributed by atoms with Gasteiger partial charge in [0.05, 0.1) is 18.8 Å². The molecule has 0 fully saturated rings. The fourth-order valence-electron chi connectivity index (χ4n) is 1.10. The second-order valence-corrected chi connectivity index (χ2v) is 3.05. The summed E-state index contributed by atoms with van der Waals surface area (Å²) in [5.74, 6) is 0. The molecule has 0 bridgehead atoms. The molecule has 0 amide bonds. The van der Waals surface area contributed by atoms with Crippen molar-refractivity contribution in [1.82, 2.24) is 4.90 Å². The Labute approximate surface area is 79.7 Å². The summed E-state index contributed by atoms with van der Waals surface area (Å²) in [7, 11) is 1.64. The Hall–Kier alpha value is -0.630. The first-order valence-corrected chi connectivity index (χ1v) is 4.47. The van der Waals surface area contributed by atoms with E-state index in [1.54, 1.807) is 14.0 Å². The number of hydrogen-bond donors (Lipinski definition) is 1. The van der Waals surface area contributed by atoms with Crippen molar-refractivity contribution in [1.29, 1.82) is 5.26 Å². The van der Waals surface area contributed by atoms with E-state index in [1.807, 2.05) is 4.90 Å². The van der Waals surface area contributed by atoms with E-state index in [4.69, 9.17) is 15.1 Å². The van der Waals surface area contributed by atoms with Crippen LogP contribution >= 0.6 is 0 Å². The van der Waals surface area contributed by atoms with Crippen molar-refractivity contribution in [3.05, 3.63) is 0 Å². The molecule has 4 nitrogen and oxygen atoms in total. The van der Waals surface area contributed by atoms with E-state index in [2.05, 4.69) is 6.07 Å². The normalized spacial score (nSPS) is 12.8. The number of rotatable bonds is 7. The quantitative estimate of drug-likeness (QED) is 0.618. The molecule has 1 N–H and O–H groups in total. The van der Waals surface area contributed by atoms with Gasteiger partial charge in [-0.1, -0.05) is 0 Å². The molecule has 0 heterocycles. The second kappa shape index (κ2) is 7.99. The average Bonchev–Trinajstić information content (AvgIpc) is 2.09. The molecule has 76 valence electrons. The van der Waals surface area contributed by atoms with Crippen molar-refractivity contribution in [2.24, 2.45) is 0 Å². The molecule has 0 aliphatic heterocycles. The molecule has 1 atom stereocenters. The van der Waals surface area contributed by atoms with E-state index in [0.717, 1.165) is 6.54 Å². The summed E-state index contributed by atoms with van der Waals surface area (Å²) in [4.78, 5) is 2.03. The van der Waals surface area contributed by atoms with Gasteiger partial charge < -0.3 is 9.84 Å². The lowest BCUT2D eigenvalue weighted by Crippen LogP contribution is -2.34. The Morgan fingerprint density at radius 3 is 2.69 bits per heavy atom. The second-order valence-electron chi connectivity index (χ2n) is 3.05. The molecule has 0 aromatic heterocycles. The number of nitriles is 1. The fourth-order valence-corrected chi connectivity index (χ4v) is 1.10. The monoisotopic (exact) mass is 186 g/mol. The molecule has 0 aliphatic carbocycles. The van der Waals surface area contributed by atoms with Gasteiger partial charge in [-0.05, 0) is 6.92 Å².